The minimum absolute atomic E-state index is 0.0108. The van der Waals surface area contributed by atoms with Gasteiger partial charge in [-0.2, -0.15) is 5.26 Å². The van der Waals surface area contributed by atoms with E-state index < -0.39 is 5.92 Å². The number of rotatable bonds is 1. The number of halogens is 2. The molecule has 3 rings (SSSR count). The van der Waals surface area contributed by atoms with Crippen LogP contribution in [0.25, 0.3) is 0 Å². The van der Waals surface area contributed by atoms with Crippen LogP contribution < -0.4 is 10.5 Å². The highest BCUT2D eigenvalue weighted by molar-refractivity contribution is 6.42. The van der Waals surface area contributed by atoms with Crippen LogP contribution in [0.15, 0.2) is 47.9 Å². The quantitative estimate of drug-likeness (QED) is 0.829. The highest BCUT2D eigenvalue weighted by atomic mass is 35.5. The largest absolute Gasteiger partial charge is 0.508 e. The molecule has 0 bridgehead atoms. The first-order valence-corrected chi connectivity index (χ1v) is 7.12. The molecule has 0 aromatic heterocycles. The van der Waals surface area contributed by atoms with E-state index in [-0.39, 0.29) is 17.2 Å². The molecule has 0 fully saturated rings. The number of benzene rings is 2. The van der Waals surface area contributed by atoms with Gasteiger partial charge in [-0.25, -0.2) is 0 Å². The van der Waals surface area contributed by atoms with Gasteiger partial charge in [0.15, 0.2) is 0 Å². The van der Waals surface area contributed by atoms with Gasteiger partial charge in [-0.15, -0.1) is 0 Å². The molecule has 0 amide bonds. The summed E-state index contributed by atoms with van der Waals surface area (Å²) in [5, 5.41) is 19.8. The van der Waals surface area contributed by atoms with E-state index in [1.54, 1.807) is 24.3 Å². The molecule has 0 saturated heterocycles. The lowest BCUT2D eigenvalue weighted by atomic mass is 9.83. The van der Waals surface area contributed by atoms with Crippen molar-refractivity contribution < 1.29 is 9.84 Å². The van der Waals surface area contributed by atoms with E-state index >= 15 is 0 Å². The Kier molecular flexibility index (Phi) is 3.61. The number of nitrogens with zero attached hydrogens (tertiary/aromatic N) is 1. The first-order chi connectivity index (χ1) is 10.5. The number of hydrogen-bond acceptors (Lipinski definition) is 4. The van der Waals surface area contributed by atoms with Crippen LogP contribution >= 0.6 is 23.2 Å². The standard InChI is InChI=1S/C16H10Cl2N2O2/c17-12-4-1-8(5-13(12)18)15-10-3-2-9(21)6-14(10)22-16(20)11(15)7-19/h1-6,15,21H,20H2. The second-order valence-electron chi connectivity index (χ2n) is 4.82. The molecular weight excluding hydrogens is 323 g/mol. The maximum atomic E-state index is 9.59. The summed E-state index contributed by atoms with van der Waals surface area (Å²) in [6.07, 6.45) is 0. The number of ether oxygens (including phenoxy) is 1. The van der Waals surface area contributed by atoms with Gasteiger partial charge in [0.2, 0.25) is 5.88 Å². The molecular formula is C16H10Cl2N2O2. The average molecular weight is 333 g/mol. The van der Waals surface area contributed by atoms with E-state index in [0.29, 0.717) is 15.8 Å². The molecule has 22 heavy (non-hydrogen) atoms. The van der Waals surface area contributed by atoms with Crippen molar-refractivity contribution in [2.24, 2.45) is 5.73 Å². The van der Waals surface area contributed by atoms with Crippen LogP contribution in [0.4, 0.5) is 0 Å². The SMILES string of the molecule is N#CC1=C(N)Oc2cc(O)ccc2C1c1ccc(Cl)c(Cl)c1. The minimum atomic E-state index is -0.427. The summed E-state index contributed by atoms with van der Waals surface area (Å²) in [5.74, 6) is 0.0493. The van der Waals surface area contributed by atoms with Crippen LogP contribution in [-0.4, -0.2) is 5.11 Å². The minimum Gasteiger partial charge on any atom is -0.508 e. The Morgan fingerprint density at radius 2 is 1.91 bits per heavy atom. The van der Waals surface area contributed by atoms with Gasteiger partial charge in [0, 0.05) is 11.6 Å². The lowest BCUT2D eigenvalue weighted by Gasteiger charge is -2.26. The van der Waals surface area contributed by atoms with Crippen molar-refractivity contribution in [3.8, 4) is 17.6 Å². The van der Waals surface area contributed by atoms with Crippen molar-refractivity contribution in [1.82, 2.24) is 0 Å². The number of aromatic hydroxyl groups is 1. The van der Waals surface area contributed by atoms with E-state index in [9.17, 15) is 10.4 Å². The highest BCUT2D eigenvalue weighted by Crippen LogP contribution is 2.44. The summed E-state index contributed by atoms with van der Waals surface area (Å²) in [5.41, 5.74) is 7.62. The Bertz CT molecular complexity index is 841. The zero-order chi connectivity index (χ0) is 15.9. The molecule has 0 spiro atoms. The summed E-state index contributed by atoms with van der Waals surface area (Å²) in [7, 11) is 0. The van der Waals surface area contributed by atoms with Gasteiger partial charge in [0.05, 0.1) is 16.0 Å². The van der Waals surface area contributed by atoms with Crippen molar-refractivity contribution in [3.05, 3.63) is 69.0 Å². The Hall–Kier alpha value is -2.35. The first-order valence-electron chi connectivity index (χ1n) is 6.36. The molecule has 0 radical (unpaired) electrons. The number of nitrogens with two attached hydrogens (primary N) is 1. The summed E-state index contributed by atoms with van der Waals surface area (Å²) < 4.78 is 5.44. The van der Waals surface area contributed by atoms with Crippen LogP contribution in [0.2, 0.25) is 10.0 Å². The third-order valence-electron chi connectivity index (χ3n) is 3.48. The van der Waals surface area contributed by atoms with E-state index in [1.165, 1.54) is 12.1 Å². The zero-order valence-corrected chi connectivity index (χ0v) is 12.7. The molecule has 0 aliphatic carbocycles. The van der Waals surface area contributed by atoms with Crippen LogP contribution in [0, 0.1) is 11.3 Å². The Morgan fingerprint density at radius 1 is 1.14 bits per heavy atom. The summed E-state index contributed by atoms with van der Waals surface area (Å²) in [6, 6.07) is 11.9. The van der Waals surface area contributed by atoms with Crippen molar-refractivity contribution in [2.75, 3.05) is 0 Å². The van der Waals surface area contributed by atoms with Gasteiger partial charge in [-0.05, 0) is 23.8 Å². The van der Waals surface area contributed by atoms with Crippen molar-refractivity contribution >= 4 is 23.2 Å². The van der Waals surface area contributed by atoms with Crippen molar-refractivity contribution in [3.63, 3.8) is 0 Å². The number of nitriles is 1. The van der Waals surface area contributed by atoms with Crippen molar-refractivity contribution in [1.29, 1.82) is 5.26 Å². The molecule has 0 saturated carbocycles. The number of allylic oxidation sites excluding steroid dienone is 1. The normalized spacial score (nSPS) is 16.7. The number of phenols is 1. The molecule has 1 unspecified atom stereocenters. The number of fused-ring (bicyclic) bond motifs is 1. The molecule has 2 aromatic carbocycles. The summed E-state index contributed by atoms with van der Waals surface area (Å²) >= 11 is 12.0. The van der Waals surface area contributed by atoms with Crippen LogP contribution in [0.5, 0.6) is 11.5 Å². The van der Waals surface area contributed by atoms with Crippen LogP contribution in [0.1, 0.15) is 17.0 Å². The monoisotopic (exact) mass is 332 g/mol. The molecule has 4 nitrogen and oxygen atoms in total. The van der Waals surface area contributed by atoms with E-state index in [0.717, 1.165) is 11.1 Å². The van der Waals surface area contributed by atoms with Gasteiger partial charge in [-0.3, -0.25) is 0 Å². The van der Waals surface area contributed by atoms with E-state index in [2.05, 4.69) is 6.07 Å². The van der Waals surface area contributed by atoms with Crippen molar-refractivity contribution in [2.45, 2.75) is 5.92 Å². The van der Waals surface area contributed by atoms with E-state index in [1.807, 2.05) is 0 Å². The predicted octanol–water partition coefficient (Wildman–Crippen LogP) is 3.92. The lowest BCUT2D eigenvalue weighted by molar-refractivity contribution is 0.388. The lowest BCUT2D eigenvalue weighted by Crippen LogP contribution is -2.20. The number of phenolic OH excluding ortho intramolecular Hbond substituents is 1. The fourth-order valence-electron chi connectivity index (χ4n) is 2.48. The Morgan fingerprint density at radius 3 is 2.59 bits per heavy atom. The maximum Gasteiger partial charge on any atom is 0.205 e. The molecule has 3 N–H and O–H groups in total. The molecule has 1 atom stereocenters. The molecule has 1 heterocycles. The van der Waals surface area contributed by atoms with Gasteiger partial charge in [0.25, 0.3) is 0 Å². The molecule has 2 aromatic rings. The third kappa shape index (κ3) is 2.35. The van der Waals surface area contributed by atoms with Gasteiger partial charge in [0.1, 0.15) is 23.1 Å². The third-order valence-corrected chi connectivity index (χ3v) is 4.22. The fourth-order valence-corrected chi connectivity index (χ4v) is 2.79. The second-order valence-corrected chi connectivity index (χ2v) is 5.63. The van der Waals surface area contributed by atoms with Gasteiger partial charge >= 0.3 is 0 Å². The molecule has 6 heteroatoms. The number of hydrogen-bond donors (Lipinski definition) is 2. The van der Waals surface area contributed by atoms with Crippen LogP contribution in [-0.2, 0) is 0 Å². The summed E-state index contributed by atoms with van der Waals surface area (Å²) in [4.78, 5) is 0. The van der Waals surface area contributed by atoms with Gasteiger partial charge < -0.3 is 15.6 Å². The zero-order valence-electron chi connectivity index (χ0n) is 11.2. The maximum absolute atomic E-state index is 9.59. The highest BCUT2D eigenvalue weighted by Gasteiger charge is 2.31. The second kappa shape index (κ2) is 5.45. The predicted molar refractivity (Wildman–Crippen MR) is 83.9 cm³/mol. The summed E-state index contributed by atoms with van der Waals surface area (Å²) in [6.45, 7) is 0. The Labute approximate surface area is 136 Å². The average Bonchev–Trinajstić information content (AvgIpc) is 2.48. The molecule has 1 aliphatic rings. The Balaban J connectivity index is 2.23. The topological polar surface area (TPSA) is 79.3 Å². The molecule has 1 aliphatic heterocycles. The fraction of sp³-hybridized carbons (Fsp3) is 0.0625. The smallest absolute Gasteiger partial charge is 0.205 e. The van der Waals surface area contributed by atoms with Gasteiger partial charge in [-0.1, -0.05) is 35.3 Å². The van der Waals surface area contributed by atoms with E-state index in [4.69, 9.17) is 33.7 Å². The first kappa shape index (κ1) is 14.6. The van der Waals surface area contributed by atoms with Crippen LogP contribution in [0.3, 0.4) is 0 Å². The molecule has 110 valence electrons.